The van der Waals surface area contributed by atoms with E-state index in [1.807, 2.05) is 34.6 Å². The van der Waals surface area contributed by atoms with Gasteiger partial charge < -0.3 is 14.5 Å². The Morgan fingerprint density at radius 1 is 1.05 bits per heavy atom. The van der Waals surface area contributed by atoms with Gasteiger partial charge in [0.15, 0.2) is 14.4 Å². The van der Waals surface area contributed by atoms with Gasteiger partial charge in [-0.05, 0) is 104 Å². The summed E-state index contributed by atoms with van der Waals surface area (Å²) in [6.45, 7) is 20.2. The molecule has 9 heteroatoms. The molecule has 1 aromatic carbocycles. The average Bonchev–Trinajstić information content (AvgIpc) is 2.69. The van der Waals surface area contributed by atoms with E-state index in [1.165, 1.54) is 12.1 Å². The van der Waals surface area contributed by atoms with Crippen LogP contribution in [0.15, 0.2) is 34.8 Å². The molecule has 1 amide bonds. The largest absolute Gasteiger partial charge is 0.439 e. The molecule has 0 fully saturated rings. The highest BCUT2D eigenvalue weighted by atomic mass is 79.9. The minimum absolute atomic E-state index is 0.00863. The molecule has 38 heavy (non-hydrogen) atoms. The number of hydrogen-bond donors (Lipinski definition) is 1. The van der Waals surface area contributed by atoms with E-state index in [2.05, 4.69) is 71.9 Å². The number of rotatable bonds is 6. The third kappa shape index (κ3) is 9.79. The molecule has 2 rings (SSSR count). The highest BCUT2D eigenvalue weighted by Gasteiger charge is 2.41. The van der Waals surface area contributed by atoms with Crippen LogP contribution in [0, 0.1) is 23.5 Å². The van der Waals surface area contributed by atoms with E-state index in [0.29, 0.717) is 21.4 Å². The van der Waals surface area contributed by atoms with Crippen molar-refractivity contribution in [3.8, 4) is 11.8 Å². The van der Waals surface area contributed by atoms with E-state index >= 15 is 0 Å². The number of hydrogen-bond acceptors (Lipinski definition) is 4. The van der Waals surface area contributed by atoms with Gasteiger partial charge in [0.2, 0.25) is 0 Å². The molecule has 0 radical (unpaired) electrons. The number of nitrogens with zero attached hydrogens (tertiary/aromatic N) is 1. The molecule has 0 saturated heterocycles. The second kappa shape index (κ2) is 11.8. The Labute approximate surface area is 235 Å². The maximum Gasteiger partial charge on any atom is 0.408 e. The van der Waals surface area contributed by atoms with E-state index in [0.717, 1.165) is 6.07 Å². The third-order valence-corrected chi connectivity index (χ3v) is 11.4. The van der Waals surface area contributed by atoms with Crippen molar-refractivity contribution in [1.29, 1.82) is 0 Å². The average molecular weight is 610 g/mol. The van der Waals surface area contributed by atoms with Crippen molar-refractivity contribution in [2.24, 2.45) is 0 Å². The maximum atomic E-state index is 13.9. The highest BCUT2D eigenvalue weighted by Crippen LogP contribution is 2.39. The Bertz CT molecular complexity index is 1200. The number of pyridine rings is 1. The minimum Gasteiger partial charge on any atom is -0.439 e. The van der Waals surface area contributed by atoms with Crippen LogP contribution >= 0.6 is 15.9 Å². The lowest BCUT2D eigenvalue weighted by Gasteiger charge is -2.40. The summed E-state index contributed by atoms with van der Waals surface area (Å²) in [5.74, 6) is 4.86. The number of nitrogens with one attached hydrogen (secondary N) is 1. The number of halogens is 3. The van der Waals surface area contributed by atoms with Crippen molar-refractivity contribution in [2.75, 3.05) is 0 Å². The number of carbonyl (C=O) groups is 1. The first-order valence-electron chi connectivity index (χ1n) is 12.5. The fourth-order valence-electron chi connectivity index (χ4n) is 3.39. The highest BCUT2D eigenvalue weighted by molar-refractivity contribution is 9.10. The van der Waals surface area contributed by atoms with Gasteiger partial charge >= 0.3 is 6.09 Å². The van der Waals surface area contributed by atoms with E-state index in [9.17, 15) is 13.6 Å². The first-order chi connectivity index (χ1) is 17.2. The molecule has 0 aliphatic carbocycles. The van der Waals surface area contributed by atoms with E-state index in [4.69, 9.17) is 9.16 Å². The van der Waals surface area contributed by atoms with Crippen molar-refractivity contribution >= 4 is 30.3 Å². The van der Waals surface area contributed by atoms with Crippen LogP contribution in [-0.2, 0) is 15.6 Å². The van der Waals surface area contributed by atoms with Crippen molar-refractivity contribution in [1.82, 2.24) is 10.3 Å². The van der Waals surface area contributed by atoms with Crippen LogP contribution in [0.5, 0.6) is 0 Å². The summed E-state index contributed by atoms with van der Waals surface area (Å²) in [6, 6.07) is 6.72. The van der Waals surface area contributed by atoms with Gasteiger partial charge in [0, 0.05) is 22.5 Å². The lowest BCUT2D eigenvalue weighted by Crippen LogP contribution is -2.47. The fraction of sp³-hybridized carbons (Fsp3) is 0.517. The van der Waals surface area contributed by atoms with Gasteiger partial charge in [-0.3, -0.25) is 0 Å². The second-order valence-corrected chi connectivity index (χ2v) is 18.0. The van der Waals surface area contributed by atoms with Gasteiger partial charge in [0.1, 0.15) is 22.9 Å². The molecule has 1 aromatic heterocycles. The van der Waals surface area contributed by atoms with Crippen LogP contribution in [0.2, 0.25) is 18.1 Å². The summed E-state index contributed by atoms with van der Waals surface area (Å²) in [4.78, 5) is 17.3. The van der Waals surface area contributed by atoms with Crippen molar-refractivity contribution in [2.45, 2.75) is 97.2 Å². The molecule has 208 valence electrons. The topological polar surface area (TPSA) is 60.5 Å². The van der Waals surface area contributed by atoms with E-state index < -0.39 is 43.3 Å². The lowest BCUT2D eigenvalue weighted by atomic mass is 10.0. The SMILES string of the molecule is CC(C)(C)NC(=O)O[C@@H](Cc1cc(F)cc(F)c1)c1nc(C#CC(C)(C)O[Si](C)(C)C(C)(C)C)ccc1Br. The molecule has 0 aliphatic heterocycles. The molecule has 5 nitrogen and oxygen atoms in total. The van der Waals surface area contributed by atoms with Crippen molar-refractivity contribution in [3.63, 3.8) is 0 Å². The first kappa shape index (κ1) is 31.9. The summed E-state index contributed by atoms with van der Waals surface area (Å²) in [5, 5.41) is 2.78. The molecule has 0 bridgehead atoms. The number of benzene rings is 1. The van der Waals surface area contributed by atoms with Crippen LogP contribution in [0.1, 0.15) is 78.4 Å². The van der Waals surface area contributed by atoms with Crippen LogP contribution < -0.4 is 5.32 Å². The van der Waals surface area contributed by atoms with Gasteiger partial charge in [-0.25, -0.2) is 18.6 Å². The van der Waals surface area contributed by atoms with Crippen LogP contribution in [0.25, 0.3) is 0 Å². The summed E-state index contributed by atoms with van der Waals surface area (Å²) in [7, 11) is -2.06. The van der Waals surface area contributed by atoms with Gasteiger partial charge in [-0.2, -0.15) is 0 Å². The van der Waals surface area contributed by atoms with Crippen LogP contribution in [0.3, 0.4) is 0 Å². The molecular formula is C29H39BrF2N2O3Si. The molecule has 1 atom stereocenters. The van der Waals surface area contributed by atoms with Crippen molar-refractivity contribution in [3.05, 3.63) is 63.4 Å². The number of carbonyl (C=O) groups excluding carboxylic acids is 1. The Morgan fingerprint density at radius 3 is 2.16 bits per heavy atom. The second-order valence-electron chi connectivity index (χ2n) is 12.4. The van der Waals surface area contributed by atoms with Gasteiger partial charge in [0.05, 0.1) is 5.69 Å². The molecule has 0 saturated carbocycles. The Kier molecular flexibility index (Phi) is 9.96. The molecular weight excluding hydrogens is 570 g/mol. The molecule has 0 aliphatic rings. The van der Waals surface area contributed by atoms with Gasteiger partial charge in [-0.15, -0.1) is 0 Å². The number of alkyl carbamates (subject to hydrolysis) is 1. The van der Waals surface area contributed by atoms with Gasteiger partial charge in [0.25, 0.3) is 0 Å². The summed E-state index contributed by atoms with van der Waals surface area (Å²) < 4.78 is 40.6. The van der Waals surface area contributed by atoms with Crippen LogP contribution in [0.4, 0.5) is 13.6 Å². The monoisotopic (exact) mass is 608 g/mol. The standard InChI is InChI=1S/C29H39BrF2N2O3Si/c1-27(2,3)34-26(35)36-24(17-19-15-20(31)18-21(32)16-19)25-23(30)12-11-22(33-25)13-14-29(7,8)37-38(9,10)28(4,5)6/h11-12,15-16,18,24H,17H2,1-10H3,(H,34,35)/t24-/m0/s1. The number of ether oxygens (including phenoxy) is 1. The summed E-state index contributed by atoms with van der Waals surface area (Å²) >= 11 is 3.49. The van der Waals surface area contributed by atoms with Crippen molar-refractivity contribution < 1.29 is 22.7 Å². The number of amides is 1. The molecule has 0 spiro atoms. The zero-order valence-electron chi connectivity index (χ0n) is 24.0. The minimum atomic E-state index is -2.06. The lowest BCUT2D eigenvalue weighted by molar-refractivity contribution is 0.0884. The molecule has 2 aromatic rings. The molecule has 1 heterocycles. The zero-order chi connectivity index (χ0) is 29.1. The summed E-state index contributed by atoms with van der Waals surface area (Å²) in [6.07, 6.45) is -1.60. The van der Waals surface area contributed by atoms with Crippen LogP contribution in [-0.4, -0.2) is 30.5 Å². The zero-order valence-corrected chi connectivity index (χ0v) is 26.6. The Morgan fingerprint density at radius 2 is 1.63 bits per heavy atom. The maximum absolute atomic E-state index is 13.9. The third-order valence-electron chi connectivity index (χ3n) is 6.06. The molecule has 1 N–H and O–H groups in total. The normalized spacial score (nSPS) is 13.4. The predicted octanol–water partition coefficient (Wildman–Crippen LogP) is 8.08. The Hall–Kier alpha value is -2.28. The van der Waals surface area contributed by atoms with E-state index in [1.54, 1.807) is 12.1 Å². The quantitative estimate of drug-likeness (QED) is 0.266. The predicted molar refractivity (Wildman–Crippen MR) is 153 cm³/mol. The fourth-order valence-corrected chi connectivity index (χ4v) is 5.50. The number of aromatic nitrogens is 1. The first-order valence-corrected chi connectivity index (χ1v) is 16.2. The molecule has 0 unspecified atom stereocenters. The summed E-state index contributed by atoms with van der Waals surface area (Å²) in [5.41, 5.74) is -0.0936. The Balaban J connectivity index is 2.45. The smallest absolute Gasteiger partial charge is 0.408 e. The van der Waals surface area contributed by atoms with Gasteiger partial charge in [-0.1, -0.05) is 26.7 Å². The van der Waals surface area contributed by atoms with E-state index in [-0.39, 0.29) is 11.5 Å².